The van der Waals surface area contributed by atoms with Crippen LogP contribution in [0, 0.1) is 18.4 Å². The van der Waals surface area contributed by atoms with Crippen LogP contribution in [0.3, 0.4) is 0 Å². The van der Waals surface area contributed by atoms with Crippen LogP contribution in [0.5, 0.6) is 0 Å². The molecule has 37 heavy (non-hydrogen) atoms. The fourth-order valence-corrected chi connectivity index (χ4v) is 4.64. The van der Waals surface area contributed by atoms with Gasteiger partial charge >= 0.3 is 6.03 Å². The van der Waals surface area contributed by atoms with Gasteiger partial charge in [-0.1, -0.05) is 87.5 Å². The number of benzene rings is 3. The van der Waals surface area contributed by atoms with Gasteiger partial charge < -0.3 is 15.1 Å². The van der Waals surface area contributed by atoms with Crippen molar-refractivity contribution in [2.75, 3.05) is 25.0 Å². The lowest BCUT2D eigenvalue weighted by atomic mass is 9.86. The molecule has 0 radical (unpaired) electrons. The molecule has 4 rings (SSSR count). The molecule has 1 unspecified atom stereocenters. The molecule has 190 valence electrons. The lowest BCUT2D eigenvalue weighted by molar-refractivity contribution is 0.135. The molecule has 7 nitrogen and oxygen atoms in total. The van der Waals surface area contributed by atoms with Crippen LogP contribution in [0.15, 0.2) is 83.9 Å². The molecule has 1 aliphatic heterocycles. The van der Waals surface area contributed by atoms with E-state index in [9.17, 15) is 10.1 Å². The van der Waals surface area contributed by atoms with E-state index in [1.165, 1.54) is 0 Å². The second-order valence-corrected chi connectivity index (χ2v) is 10.3. The molecule has 0 aromatic heterocycles. The van der Waals surface area contributed by atoms with Gasteiger partial charge in [0.25, 0.3) is 0 Å². The number of carbonyl (C=O) groups excluding carboxylic acids is 1. The summed E-state index contributed by atoms with van der Waals surface area (Å²) in [7, 11) is 0. The van der Waals surface area contributed by atoms with Crippen molar-refractivity contribution < 1.29 is 4.79 Å². The smallest absolute Gasteiger partial charge is 0.322 e. The molecule has 3 aromatic carbocycles. The Morgan fingerprint density at radius 1 is 0.973 bits per heavy atom. The van der Waals surface area contributed by atoms with Crippen molar-refractivity contribution in [3.63, 3.8) is 0 Å². The second kappa shape index (κ2) is 11.2. The highest BCUT2D eigenvalue weighted by molar-refractivity contribution is 5.91. The number of hydrogen-bond donors (Lipinski definition) is 2. The highest BCUT2D eigenvalue weighted by Crippen LogP contribution is 2.31. The van der Waals surface area contributed by atoms with Crippen molar-refractivity contribution in [2.24, 2.45) is 4.99 Å². The summed E-state index contributed by atoms with van der Waals surface area (Å²) in [5, 5.41) is 15.4. The number of nitrogens with zero attached hydrogens (tertiary/aromatic N) is 4. The maximum Gasteiger partial charge on any atom is 0.322 e. The Morgan fingerprint density at radius 3 is 2.35 bits per heavy atom. The van der Waals surface area contributed by atoms with E-state index in [1.807, 2.05) is 95.7 Å². The maximum absolute atomic E-state index is 13.7. The second-order valence-electron chi connectivity index (χ2n) is 10.3. The molecule has 1 heterocycles. The van der Waals surface area contributed by atoms with Crippen LogP contribution in [0.25, 0.3) is 0 Å². The zero-order valence-corrected chi connectivity index (χ0v) is 21.9. The van der Waals surface area contributed by atoms with Crippen LogP contribution >= 0.6 is 0 Å². The third-order valence-corrected chi connectivity index (χ3v) is 6.61. The molecule has 1 aliphatic rings. The summed E-state index contributed by atoms with van der Waals surface area (Å²) < 4.78 is 0. The fourth-order valence-electron chi connectivity index (χ4n) is 4.64. The molecular formula is C30H34N6O. The van der Waals surface area contributed by atoms with Crippen LogP contribution in [-0.4, -0.2) is 41.4 Å². The van der Waals surface area contributed by atoms with E-state index < -0.39 is 0 Å². The fraction of sp³-hybridized carbons (Fsp3) is 0.300. The van der Waals surface area contributed by atoms with Crippen molar-refractivity contribution >= 4 is 23.4 Å². The zero-order valence-electron chi connectivity index (χ0n) is 21.9. The minimum absolute atomic E-state index is 0.106. The first-order valence-electron chi connectivity index (χ1n) is 12.5. The van der Waals surface area contributed by atoms with E-state index in [2.05, 4.69) is 37.5 Å². The minimum atomic E-state index is -0.223. The topological polar surface area (TPSA) is 83.8 Å². The quantitative estimate of drug-likeness (QED) is 0.204. The molecule has 2 amide bonds. The molecule has 1 fully saturated rings. The van der Waals surface area contributed by atoms with E-state index in [0.29, 0.717) is 25.6 Å². The minimum Gasteiger partial charge on any atom is -0.338 e. The Balaban J connectivity index is 1.63. The Labute approximate surface area is 219 Å². The Morgan fingerprint density at radius 2 is 1.65 bits per heavy atom. The number of hydrogen-bond acceptors (Lipinski definition) is 3. The summed E-state index contributed by atoms with van der Waals surface area (Å²) in [5.41, 5.74) is 4.65. The van der Waals surface area contributed by atoms with E-state index in [0.717, 1.165) is 28.1 Å². The molecule has 0 spiro atoms. The van der Waals surface area contributed by atoms with Gasteiger partial charge in [-0.3, -0.25) is 5.32 Å². The highest BCUT2D eigenvalue weighted by Gasteiger charge is 2.33. The average molecular weight is 495 g/mol. The average Bonchev–Trinajstić information content (AvgIpc) is 2.89. The molecule has 3 aromatic rings. The summed E-state index contributed by atoms with van der Waals surface area (Å²) in [6.07, 6.45) is 2.03. The zero-order chi connectivity index (χ0) is 26.4. The largest absolute Gasteiger partial charge is 0.338 e. The summed E-state index contributed by atoms with van der Waals surface area (Å²) in [6, 6.07) is 25.4. The maximum atomic E-state index is 13.7. The third-order valence-electron chi connectivity index (χ3n) is 6.61. The normalized spacial score (nSPS) is 16.2. The van der Waals surface area contributed by atoms with Gasteiger partial charge in [0, 0.05) is 25.3 Å². The van der Waals surface area contributed by atoms with Gasteiger partial charge in [-0.25, -0.2) is 9.79 Å². The van der Waals surface area contributed by atoms with Gasteiger partial charge in [0.2, 0.25) is 5.96 Å². The van der Waals surface area contributed by atoms with E-state index in [4.69, 9.17) is 4.99 Å². The van der Waals surface area contributed by atoms with Crippen LogP contribution < -0.4 is 10.6 Å². The number of guanidine groups is 1. The third kappa shape index (κ3) is 6.10. The van der Waals surface area contributed by atoms with Crippen LogP contribution in [0.4, 0.5) is 16.2 Å². The number of urea groups is 1. The van der Waals surface area contributed by atoms with Gasteiger partial charge in [0.05, 0.1) is 11.7 Å². The van der Waals surface area contributed by atoms with E-state index in [-0.39, 0.29) is 17.5 Å². The monoisotopic (exact) mass is 494 g/mol. The number of rotatable bonds is 3. The number of aryl methyl sites for hydroxylation is 1. The summed E-state index contributed by atoms with van der Waals surface area (Å²) in [6.45, 7) is 9.92. The van der Waals surface area contributed by atoms with Gasteiger partial charge in [-0.05, 0) is 41.2 Å². The Kier molecular flexibility index (Phi) is 7.78. The van der Waals surface area contributed by atoms with E-state index >= 15 is 0 Å². The lowest BCUT2D eigenvalue weighted by Crippen LogP contribution is -2.55. The number of piperazine rings is 1. The van der Waals surface area contributed by atoms with Crippen molar-refractivity contribution in [2.45, 2.75) is 39.2 Å². The summed E-state index contributed by atoms with van der Waals surface area (Å²) in [5.74, 6) is 0.482. The number of nitrogens with one attached hydrogen (secondary N) is 2. The summed E-state index contributed by atoms with van der Waals surface area (Å²) >= 11 is 0. The van der Waals surface area contributed by atoms with Gasteiger partial charge in [-0.2, -0.15) is 5.26 Å². The van der Waals surface area contributed by atoms with Crippen molar-refractivity contribution in [1.82, 2.24) is 15.1 Å². The van der Waals surface area contributed by atoms with Crippen molar-refractivity contribution in [3.05, 3.63) is 95.6 Å². The number of nitriles is 1. The first-order chi connectivity index (χ1) is 17.8. The Hall–Kier alpha value is -4.31. The highest BCUT2D eigenvalue weighted by atomic mass is 16.2. The first-order valence-corrected chi connectivity index (χ1v) is 12.5. The molecule has 1 atom stereocenters. The SMILES string of the molecule is Cc1ccccc1N=C(NC#N)N1CCN(C(=O)Nc2ccccc2C(C)(C)C)C(c2ccccc2)C1. The molecule has 1 saturated heterocycles. The predicted molar refractivity (Wildman–Crippen MR) is 149 cm³/mol. The molecular weight excluding hydrogens is 460 g/mol. The van der Waals surface area contributed by atoms with Crippen molar-refractivity contribution in [1.29, 1.82) is 5.26 Å². The lowest BCUT2D eigenvalue weighted by Gasteiger charge is -2.42. The van der Waals surface area contributed by atoms with Gasteiger partial charge in [0.1, 0.15) is 0 Å². The number of anilines is 1. The van der Waals surface area contributed by atoms with Crippen LogP contribution in [0.2, 0.25) is 0 Å². The molecule has 0 bridgehead atoms. The molecule has 7 heteroatoms. The van der Waals surface area contributed by atoms with Gasteiger partial charge in [0.15, 0.2) is 6.19 Å². The van der Waals surface area contributed by atoms with Crippen LogP contribution in [0.1, 0.15) is 43.5 Å². The molecule has 0 saturated carbocycles. The standard InChI is InChI=1S/C30H34N6O/c1-22-12-8-10-16-25(22)33-28(32-21-31)35-18-19-36(27(20-35)23-13-6-5-7-14-23)29(37)34-26-17-11-9-15-24(26)30(2,3)4/h5-17,27H,18-20H2,1-4H3,(H,32,33)(H,34,37). The van der Waals surface area contributed by atoms with Crippen molar-refractivity contribution in [3.8, 4) is 6.19 Å². The molecule has 0 aliphatic carbocycles. The van der Waals surface area contributed by atoms with E-state index in [1.54, 1.807) is 0 Å². The number of amides is 2. The summed E-state index contributed by atoms with van der Waals surface area (Å²) in [4.78, 5) is 22.4. The number of aliphatic imine (C=N–C) groups is 1. The number of para-hydroxylation sites is 2. The van der Waals surface area contributed by atoms with Gasteiger partial charge in [-0.15, -0.1) is 0 Å². The first kappa shape index (κ1) is 25.8. The predicted octanol–water partition coefficient (Wildman–Crippen LogP) is 5.94. The van der Waals surface area contributed by atoms with Crippen LogP contribution in [-0.2, 0) is 5.41 Å². The molecule has 2 N–H and O–H groups in total. The number of carbonyl (C=O) groups is 1. The Bertz CT molecular complexity index is 1310.